The van der Waals surface area contributed by atoms with Gasteiger partial charge in [0.1, 0.15) is 5.01 Å². The highest BCUT2D eigenvalue weighted by Gasteiger charge is 2.16. The van der Waals surface area contributed by atoms with Crippen molar-refractivity contribution in [2.24, 2.45) is 0 Å². The summed E-state index contributed by atoms with van der Waals surface area (Å²) in [5.74, 6) is -0.840. The summed E-state index contributed by atoms with van der Waals surface area (Å²) in [5, 5.41) is 10.1. The number of carboxylic acid groups (broad SMARTS) is 1. The summed E-state index contributed by atoms with van der Waals surface area (Å²) >= 11 is 4.87. The Balaban J connectivity index is 2.05. The molecule has 0 spiro atoms. The van der Waals surface area contributed by atoms with Crippen molar-refractivity contribution in [2.45, 2.75) is 19.8 Å². The van der Waals surface area contributed by atoms with E-state index in [1.54, 1.807) is 0 Å². The summed E-state index contributed by atoms with van der Waals surface area (Å²) in [5.41, 5.74) is 3.97. The fourth-order valence-corrected chi connectivity index (χ4v) is 3.79. The van der Waals surface area contributed by atoms with Crippen LogP contribution in [-0.4, -0.2) is 16.1 Å². The summed E-state index contributed by atoms with van der Waals surface area (Å²) in [6.45, 7) is 2.11. The molecule has 1 heterocycles. The van der Waals surface area contributed by atoms with Gasteiger partial charge < -0.3 is 5.11 Å². The SMILES string of the molecule is CCc1ccc(-c2nc(-c3ccc(Br)cc3)sc2CC(=O)O)cc1. The van der Waals surface area contributed by atoms with E-state index < -0.39 is 5.97 Å². The van der Waals surface area contributed by atoms with E-state index in [1.807, 2.05) is 36.4 Å². The maximum absolute atomic E-state index is 11.2. The molecule has 0 fully saturated rings. The Morgan fingerprint density at radius 3 is 2.29 bits per heavy atom. The second-order valence-electron chi connectivity index (χ2n) is 5.42. The summed E-state index contributed by atoms with van der Waals surface area (Å²) in [6, 6.07) is 16.1. The molecule has 3 aromatic rings. The predicted molar refractivity (Wildman–Crippen MR) is 101 cm³/mol. The first-order valence-corrected chi connectivity index (χ1v) is 9.24. The lowest BCUT2D eigenvalue weighted by atomic mass is 10.1. The van der Waals surface area contributed by atoms with Gasteiger partial charge in [-0.3, -0.25) is 4.79 Å². The van der Waals surface area contributed by atoms with Crippen LogP contribution in [0.5, 0.6) is 0 Å². The Morgan fingerprint density at radius 2 is 1.71 bits per heavy atom. The van der Waals surface area contributed by atoms with Crippen LogP contribution in [0, 0.1) is 0 Å². The molecular formula is C19H16BrNO2S. The van der Waals surface area contributed by atoms with Crippen molar-refractivity contribution in [3.05, 3.63) is 63.4 Å². The number of benzene rings is 2. The van der Waals surface area contributed by atoms with E-state index in [0.717, 1.165) is 37.6 Å². The van der Waals surface area contributed by atoms with Crippen molar-refractivity contribution in [1.29, 1.82) is 0 Å². The van der Waals surface area contributed by atoms with Gasteiger partial charge >= 0.3 is 5.97 Å². The van der Waals surface area contributed by atoms with Crippen LogP contribution in [-0.2, 0) is 17.6 Å². The third-order valence-electron chi connectivity index (χ3n) is 3.74. The van der Waals surface area contributed by atoms with E-state index in [9.17, 15) is 9.90 Å². The minimum Gasteiger partial charge on any atom is -0.481 e. The number of aliphatic carboxylic acids is 1. The van der Waals surface area contributed by atoms with E-state index in [1.165, 1.54) is 16.9 Å². The van der Waals surface area contributed by atoms with Crippen LogP contribution in [0.15, 0.2) is 53.0 Å². The average Bonchev–Trinajstić information content (AvgIpc) is 2.98. The lowest BCUT2D eigenvalue weighted by Gasteiger charge is -2.02. The Morgan fingerprint density at radius 1 is 1.08 bits per heavy atom. The number of rotatable bonds is 5. The van der Waals surface area contributed by atoms with Gasteiger partial charge in [0, 0.05) is 20.5 Å². The van der Waals surface area contributed by atoms with Gasteiger partial charge in [0.2, 0.25) is 0 Å². The number of hydrogen-bond acceptors (Lipinski definition) is 3. The first kappa shape index (κ1) is 16.9. The van der Waals surface area contributed by atoms with E-state index >= 15 is 0 Å². The van der Waals surface area contributed by atoms with Crippen LogP contribution >= 0.6 is 27.3 Å². The largest absolute Gasteiger partial charge is 0.481 e. The summed E-state index contributed by atoms with van der Waals surface area (Å²) in [7, 11) is 0. The highest BCUT2D eigenvalue weighted by molar-refractivity contribution is 9.10. The minimum absolute atomic E-state index is 0.0148. The molecular weight excluding hydrogens is 386 g/mol. The van der Waals surface area contributed by atoms with Gasteiger partial charge in [-0.25, -0.2) is 4.98 Å². The zero-order chi connectivity index (χ0) is 17.1. The van der Waals surface area contributed by atoms with E-state index in [0.29, 0.717) is 0 Å². The molecule has 0 saturated carbocycles. The van der Waals surface area contributed by atoms with Crippen LogP contribution < -0.4 is 0 Å². The Labute approximate surface area is 153 Å². The second kappa shape index (κ2) is 7.28. The van der Waals surface area contributed by atoms with Crippen molar-refractivity contribution >= 4 is 33.2 Å². The number of nitrogens with zero attached hydrogens (tertiary/aromatic N) is 1. The van der Waals surface area contributed by atoms with Gasteiger partial charge in [0.25, 0.3) is 0 Å². The number of carbonyl (C=O) groups is 1. The number of hydrogen-bond donors (Lipinski definition) is 1. The molecule has 0 aliphatic rings. The van der Waals surface area contributed by atoms with Crippen molar-refractivity contribution < 1.29 is 9.90 Å². The maximum atomic E-state index is 11.2. The monoisotopic (exact) mass is 401 g/mol. The Bertz CT molecular complexity index is 854. The van der Waals surface area contributed by atoms with Crippen LogP contribution in [0.2, 0.25) is 0 Å². The molecule has 0 saturated heterocycles. The van der Waals surface area contributed by atoms with E-state index in [4.69, 9.17) is 4.98 Å². The Hall–Kier alpha value is -1.98. The minimum atomic E-state index is -0.840. The standard InChI is InChI=1S/C19H16BrNO2S/c1-2-12-3-5-13(6-4-12)18-16(11-17(22)23)24-19(21-18)14-7-9-15(20)10-8-14/h3-10H,2,11H2,1H3,(H,22,23). The lowest BCUT2D eigenvalue weighted by molar-refractivity contribution is -0.136. The van der Waals surface area contributed by atoms with Crippen LogP contribution in [0.3, 0.4) is 0 Å². The summed E-state index contributed by atoms with van der Waals surface area (Å²) < 4.78 is 1.00. The molecule has 0 aliphatic heterocycles. The molecule has 1 aromatic heterocycles. The van der Waals surface area contributed by atoms with Crippen LogP contribution in [0.4, 0.5) is 0 Å². The molecule has 0 bridgehead atoms. The number of aryl methyl sites for hydroxylation is 1. The lowest BCUT2D eigenvalue weighted by Crippen LogP contribution is -1.99. The highest BCUT2D eigenvalue weighted by Crippen LogP contribution is 2.34. The molecule has 0 radical (unpaired) electrons. The molecule has 122 valence electrons. The molecule has 3 rings (SSSR count). The summed E-state index contributed by atoms with van der Waals surface area (Å²) in [4.78, 5) is 16.7. The van der Waals surface area contributed by atoms with Gasteiger partial charge in [0.05, 0.1) is 12.1 Å². The maximum Gasteiger partial charge on any atom is 0.308 e. The number of aromatic nitrogens is 1. The van der Waals surface area contributed by atoms with Crippen molar-refractivity contribution in [1.82, 2.24) is 4.98 Å². The number of thiazole rings is 1. The van der Waals surface area contributed by atoms with Crippen molar-refractivity contribution in [3.8, 4) is 21.8 Å². The smallest absolute Gasteiger partial charge is 0.308 e. The number of carboxylic acids is 1. The molecule has 0 aliphatic carbocycles. The fraction of sp³-hybridized carbons (Fsp3) is 0.158. The topological polar surface area (TPSA) is 50.2 Å². The average molecular weight is 402 g/mol. The third-order valence-corrected chi connectivity index (χ3v) is 5.37. The van der Waals surface area contributed by atoms with Gasteiger partial charge in [-0.15, -0.1) is 11.3 Å². The van der Waals surface area contributed by atoms with Gasteiger partial charge in [0.15, 0.2) is 0 Å². The highest BCUT2D eigenvalue weighted by atomic mass is 79.9. The molecule has 24 heavy (non-hydrogen) atoms. The van der Waals surface area contributed by atoms with Gasteiger partial charge in [-0.05, 0) is 24.1 Å². The molecule has 0 amide bonds. The number of halogens is 1. The summed E-state index contributed by atoms with van der Waals surface area (Å²) in [6.07, 6.45) is 0.961. The first-order valence-electron chi connectivity index (χ1n) is 7.63. The first-order chi connectivity index (χ1) is 11.6. The second-order valence-corrected chi connectivity index (χ2v) is 7.42. The fourth-order valence-electron chi connectivity index (χ4n) is 2.45. The molecule has 3 nitrogen and oxygen atoms in total. The molecule has 2 aromatic carbocycles. The van der Waals surface area contributed by atoms with Crippen LogP contribution in [0.1, 0.15) is 17.4 Å². The zero-order valence-corrected chi connectivity index (χ0v) is 15.5. The third kappa shape index (κ3) is 3.74. The van der Waals surface area contributed by atoms with E-state index in [-0.39, 0.29) is 6.42 Å². The predicted octanol–water partition coefficient (Wildman–Crippen LogP) is 5.43. The normalized spacial score (nSPS) is 10.8. The van der Waals surface area contributed by atoms with Gasteiger partial charge in [-0.1, -0.05) is 59.3 Å². The quantitative estimate of drug-likeness (QED) is 0.619. The zero-order valence-electron chi connectivity index (χ0n) is 13.1. The van der Waals surface area contributed by atoms with Crippen molar-refractivity contribution in [2.75, 3.05) is 0 Å². The van der Waals surface area contributed by atoms with Crippen LogP contribution in [0.25, 0.3) is 21.8 Å². The molecule has 0 unspecified atom stereocenters. The molecule has 5 heteroatoms. The Kier molecular flexibility index (Phi) is 5.11. The molecule has 0 atom stereocenters. The van der Waals surface area contributed by atoms with Crippen molar-refractivity contribution in [3.63, 3.8) is 0 Å². The van der Waals surface area contributed by atoms with E-state index in [2.05, 4.69) is 35.0 Å². The van der Waals surface area contributed by atoms with Gasteiger partial charge in [-0.2, -0.15) is 0 Å². The molecule has 1 N–H and O–H groups in total.